The Labute approximate surface area is 249 Å². The molecule has 0 aliphatic carbocycles. The SMILES string of the molecule is Cc1oc(-c2ccc(-c3ccccc3)cc2)nc1CCOc1ccc(CC(C)(Oc2ccc3c(c2)OCO3)C(=O)O)cc1. The summed E-state index contributed by atoms with van der Waals surface area (Å²) in [5, 5.41) is 9.96. The molecule has 8 nitrogen and oxygen atoms in total. The molecule has 2 heterocycles. The third kappa shape index (κ3) is 6.33. The van der Waals surface area contributed by atoms with Crippen molar-refractivity contribution >= 4 is 5.97 Å². The lowest BCUT2D eigenvalue weighted by molar-refractivity contribution is -0.153. The third-order valence-electron chi connectivity index (χ3n) is 7.34. The van der Waals surface area contributed by atoms with Crippen LogP contribution in [0, 0.1) is 6.92 Å². The number of hydrogen-bond donors (Lipinski definition) is 1. The Bertz CT molecular complexity index is 1710. The predicted octanol–water partition coefficient (Wildman–Crippen LogP) is 7.13. The van der Waals surface area contributed by atoms with E-state index >= 15 is 0 Å². The van der Waals surface area contributed by atoms with Crippen LogP contribution in [-0.4, -0.2) is 35.1 Å². The topological polar surface area (TPSA) is 100 Å². The molecule has 1 aromatic heterocycles. The molecule has 0 amide bonds. The molecular weight excluding hydrogens is 546 g/mol. The number of oxazole rings is 1. The summed E-state index contributed by atoms with van der Waals surface area (Å²) in [5.41, 5.74) is 3.37. The van der Waals surface area contributed by atoms with Crippen molar-refractivity contribution in [2.24, 2.45) is 0 Å². The minimum absolute atomic E-state index is 0.132. The smallest absolute Gasteiger partial charge is 0.348 e. The van der Waals surface area contributed by atoms with Crippen LogP contribution >= 0.6 is 0 Å². The van der Waals surface area contributed by atoms with E-state index in [1.54, 1.807) is 25.1 Å². The van der Waals surface area contributed by atoms with Crippen molar-refractivity contribution < 1.29 is 33.3 Å². The normalized spacial score (nSPS) is 13.3. The van der Waals surface area contributed by atoms with E-state index in [1.165, 1.54) is 0 Å². The van der Waals surface area contributed by atoms with Gasteiger partial charge in [0.05, 0.1) is 12.3 Å². The van der Waals surface area contributed by atoms with Crippen LogP contribution in [0.2, 0.25) is 0 Å². The van der Waals surface area contributed by atoms with E-state index in [-0.39, 0.29) is 13.2 Å². The second-order valence-electron chi connectivity index (χ2n) is 10.5. The minimum atomic E-state index is -1.49. The summed E-state index contributed by atoms with van der Waals surface area (Å²) in [6, 6.07) is 30.8. The van der Waals surface area contributed by atoms with E-state index in [0.29, 0.717) is 41.9 Å². The monoisotopic (exact) mass is 577 g/mol. The second kappa shape index (κ2) is 11.9. The van der Waals surface area contributed by atoms with Crippen LogP contribution in [0.3, 0.4) is 0 Å². The summed E-state index contributed by atoms with van der Waals surface area (Å²) in [4.78, 5) is 16.9. The third-order valence-corrected chi connectivity index (χ3v) is 7.34. The maximum Gasteiger partial charge on any atom is 0.348 e. The standard InChI is InChI=1S/C35H31NO7/c1-23-30(36-33(42-23)27-12-10-26(11-13-27)25-6-4-3-5-7-25)18-19-39-28-14-8-24(9-15-28)21-35(2,34(37)38)43-29-16-17-31-32(20-29)41-22-40-31/h3-17,20H,18-19,21-22H2,1-2H3,(H,37,38). The van der Waals surface area contributed by atoms with Gasteiger partial charge in [-0.05, 0) is 66.9 Å². The highest BCUT2D eigenvalue weighted by Crippen LogP contribution is 2.36. The van der Waals surface area contributed by atoms with E-state index in [1.807, 2.05) is 61.5 Å². The minimum Gasteiger partial charge on any atom is -0.493 e. The van der Waals surface area contributed by atoms with E-state index in [4.69, 9.17) is 28.3 Å². The molecule has 1 N–H and O–H groups in total. The van der Waals surface area contributed by atoms with Gasteiger partial charge in [-0.25, -0.2) is 9.78 Å². The van der Waals surface area contributed by atoms with Crippen molar-refractivity contribution in [3.8, 4) is 45.6 Å². The molecule has 0 saturated heterocycles. The molecule has 0 fully saturated rings. The van der Waals surface area contributed by atoms with Gasteiger partial charge in [0.2, 0.25) is 18.3 Å². The molecule has 5 aromatic rings. The maximum absolute atomic E-state index is 12.2. The van der Waals surface area contributed by atoms with E-state index in [9.17, 15) is 9.90 Å². The van der Waals surface area contributed by atoms with E-state index in [2.05, 4.69) is 24.3 Å². The van der Waals surface area contributed by atoms with Gasteiger partial charge in [0.25, 0.3) is 0 Å². The van der Waals surface area contributed by atoms with Gasteiger partial charge in [-0.1, -0.05) is 54.6 Å². The first-order valence-electron chi connectivity index (χ1n) is 14.0. The summed E-state index contributed by atoms with van der Waals surface area (Å²) < 4.78 is 28.5. The quantitative estimate of drug-likeness (QED) is 0.177. The first-order valence-corrected chi connectivity index (χ1v) is 14.0. The Morgan fingerprint density at radius 1 is 0.860 bits per heavy atom. The van der Waals surface area contributed by atoms with E-state index < -0.39 is 11.6 Å². The molecule has 4 aromatic carbocycles. The lowest BCUT2D eigenvalue weighted by Gasteiger charge is -2.26. The molecule has 0 saturated carbocycles. The second-order valence-corrected chi connectivity index (χ2v) is 10.5. The molecule has 6 rings (SSSR count). The Morgan fingerprint density at radius 2 is 1.53 bits per heavy atom. The average Bonchev–Trinajstić information content (AvgIpc) is 3.64. The van der Waals surface area contributed by atoms with Crippen LogP contribution < -0.4 is 18.9 Å². The fourth-order valence-corrected chi connectivity index (χ4v) is 4.93. The Morgan fingerprint density at radius 3 is 2.28 bits per heavy atom. The van der Waals surface area contributed by atoms with Gasteiger partial charge in [-0.3, -0.25) is 0 Å². The van der Waals surface area contributed by atoms with Gasteiger partial charge in [0.15, 0.2) is 11.5 Å². The zero-order valence-electron chi connectivity index (χ0n) is 23.9. The van der Waals surface area contributed by atoms with Crippen LogP contribution in [0.25, 0.3) is 22.6 Å². The molecule has 8 heteroatoms. The van der Waals surface area contributed by atoms with E-state index in [0.717, 1.165) is 33.7 Å². The number of aliphatic carboxylic acids is 1. The number of carboxylic acids is 1. The Kier molecular flexibility index (Phi) is 7.75. The molecule has 218 valence electrons. The van der Waals surface area contributed by atoms with Gasteiger partial charge in [0, 0.05) is 24.5 Å². The zero-order chi connectivity index (χ0) is 29.8. The molecular formula is C35H31NO7. The number of nitrogens with zero attached hydrogens (tertiary/aromatic N) is 1. The largest absolute Gasteiger partial charge is 0.493 e. The number of carboxylic acid groups (broad SMARTS) is 1. The summed E-state index contributed by atoms with van der Waals surface area (Å²) in [6.45, 7) is 4.01. The summed E-state index contributed by atoms with van der Waals surface area (Å²) in [7, 11) is 0. The number of ether oxygens (including phenoxy) is 4. The van der Waals surface area contributed by atoms with Gasteiger partial charge in [-0.15, -0.1) is 0 Å². The van der Waals surface area contributed by atoms with Crippen LogP contribution in [0.1, 0.15) is 23.9 Å². The number of carbonyl (C=O) groups is 1. The van der Waals surface area contributed by atoms with Gasteiger partial charge in [-0.2, -0.15) is 0 Å². The predicted molar refractivity (Wildman–Crippen MR) is 161 cm³/mol. The van der Waals surface area contributed by atoms with Gasteiger partial charge >= 0.3 is 5.97 Å². The van der Waals surface area contributed by atoms with Crippen molar-refractivity contribution in [3.63, 3.8) is 0 Å². The van der Waals surface area contributed by atoms with Crippen LogP contribution in [0.15, 0.2) is 101 Å². The highest BCUT2D eigenvalue weighted by Gasteiger charge is 2.36. The summed E-state index contributed by atoms with van der Waals surface area (Å²) in [6.07, 6.45) is 0.740. The first kappa shape index (κ1) is 27.9. The van der Waals surface area contributed by atoms with Crippen molar-refractivity contribution in [2.45, 2.75) is 32.3 Å². The number of aryl methyl sites for hydroxylation is 1. The molecule has 1 aliphatic heterocycles. The molecule has 43 heavy (non-hydrogen) atoms. The van der Waals surface area contributed by atoms with Crippen LogP contribution in [0.4, 0.5) is 0 Å². The number of fused-ring (bicyclic) bond motifs is 1. The number of aromatic nitrogens is 1. The average molecular weight is 578 g/mol. The fraction of sp³-hybridized carbons (Fsp3) is 0.200. The highest BCUT2D eigenvalue weighted by atomic mass is 16.7. The molecule has 0 radical (unpaired) electrons. The highest BCUT2D eigenvalue weighted by molar-refractivity contribution is 5.78. The first-order chi connectivity index (χ1) is 20.9. The number of rotatable bonds is 11. The van der Waals surface area contributed by atoms with Gasteiger partial charge in [0.1, 0.15) is 17.3 Å². The van der Waals surface area contributed by atoms with Crippen molar-refractivity contribution in [1.82, 2.24) is 4.98 Å². The molecule has 1 atom stereocenters. The number of benzene rings is 4. The fourth-order valence-electron chi connectivity index (χ4n) is 4.93. The summed E-state index contributed by atoms with van der Waals surface area (Å²) >= 11 is 0. The van der Waals surface area contributed by atoms with Crippen molar-refractivity contribution in [2.75, 3.05) is 13.4 Å². The molecule has 1 unspecified atom stereocenters. The van der Waals surface area contributed by atoms with Gasteiger partial charge < -0.3 is 28.5 Å². The van der Waals surface area contributed by atoms with Crippen molar-refractivity contribution in [1.29, 1.82) is 0 Å². The molecule has 1 aliphatic rings. The summed E-state index contributed by atoms with van der Waals surface area (Å²) in [5.74, 6) is 2.48. The Balaban J connectivity index is 1.04. The van der Waals surface area contributed by atoms with Crippen LogP contribution in [0.5, 0.6) is 23.0 Å². The number of hydrogen-bond acceptors (Lipinski definition) is 7. The maximum atomic E-state index is 12.2. The Hall–Kier alpha value is -5.24. The zero-order valence-corrected chi connectivity index (χ0v) is 23.9. The van der Waals surface area contributed by atoms with Crippen LogP contribution in [-0.2, 0) is 17.6 Å². The molecule has 0 bridgehead atoms. The lowest BCUT2D eigenvalue weighted by atomic mass is 9.96. The van der Waals surface area contributed by atoms with Crippen molar-refractivity contribution in [3.05, 3.63) is 114 Å². The lowest BCUT2D eigenvalue weighted by Crippen LogP contribution is -2.43. The molecule has 0 spiro atoms.